The Hall–Kier alpha value is -1.09. The summed E-state index contributed by atoms with van der Waals surface area (Å²) in [6.45, 7) is 13.1. The summed E-state index contributed by atoms with van der Waals surface area (Å²) >= 11 is 5.65. The van der Waals surface area contributed by atoms with E-state index in [1.54, 1.807) is 0 Å². The van der Waals surface area contributed by atoms with Crippen LogP contribution < -0.4 is 5.32 Å². The fourth-order valence-electron chi connectivity index (χ4n) is 2.36. The Morgan fingerprint density at radius 3 is 2.15 bits per heavy atom. The monoisotopic (exact) mass is 292 g/mol. The van der Waals surface area contributed by atoms with Gasteiger partial charge in [-0.2, -0.15) is 0 Å². The van der Waals surface area contributed by atoms with Crippen molar-refractivity contribution in [3.05, 3.63) is 29.3 Å². The van der Waals surface area contributed by atoms with Gasteiger partial charge in [0.2, 0.25) is 0 Å². The van der Waals surface area contributed by atoms with E-state index in [0.717, 1.165) is 23.6 Å². The molecule has 0 saturated carbocycles. The molecule has 3 heteroatoms. The third kappa shape index (κ3) is 4.20. The minimum atomic E-state index is 0.454. The first-order valence-corrected chi connectivity index (χ1v) is 7.98. The van der Waals surface area contributed by atoms with Crippen molar-refractivity contribution in [2.75, 3.05) is 5.32 Å². The molecule has 1 N–H and O–H groups in total. The van der Waals surface area contributed by atoms with E-state index >= 15 is 0 Å². The minimum absolute atomic E-state index is 0.454. The quantitative estimate of drug-likeness (QED) is 0.777. The number of nitrogens with one attached hydrogen (secondary N) is 1. The van der Waals surface area contributed by atoms with Crippen LogP contribution in [0, 0.1) is 13.8 Å². The molecule has 112 valence electrons. The maximum Gasteiger partial charge on any atom is 0.173 e. The standard InChI is InChI=1S/C17H28N2S/c1-7-14(5)19(15(6)8-2)17(20)18-16-10-9-12(3)11-13(16)4/h9-11,14-15H,7-8H2,1-6H3,(H,18,20). The molecule has 20 heavy (non-hydrogen) atoms. The average molecular weight is 292 g/mol. The molecule has 0 bridgehead atoms. The second kappa shape index (κ2) is 7.63. The van der Waals surface area contributed by atoms with Gasteiger partial charge < -0.3 is 10.2 Å². The average Bonchev–Trinajstić information content (AvgIpc) is 2.41. The number of thiocarbonyl (C=S) groups is 1. The van der Waals surface area contributed by atoms with Gasteiger partial charge in [0.1, 0.15) is 0 Å². The summed E-state index contributed by atoms with van der Waals surface area (Å²) < 4.78 is 0. The normalized spacial score (nSPS) is 13.7. The lowest BCUT2D eigenvalue weighted by atomic mass is 10.1. The Bertz CT molecular complexity index is 446. The second-order valence-corrected chi connectivity index (χ2v) is 6.06. The molecule has 2 atom stereocenters. The molecule has 0 amide bonds. The van der Waals surface area contributed by atoms with Gasteiger partial charge in [0.15, 0.2) is 5.11 Å². The van der Waals surface area contributed by atoms with E-state index in [1.807, 2.05) is 0 Å². The van der Waals surface area contributed by atoms with Gasteiger partial charge in [-0.05, 0) is 64.4 Å². The Morgan fingerprint density at radius 2 is 1.70 bits per heavy atom. The highest BCUT2D eigenvalue weighted by Crippen LogP contribution is 2.19. The Morgan fingerprint density at radius 1 is 1.15 bits per heavy atom. The molecule has 0 saturated heterocycles. The van der Waals surface area contributed by atoms with Crippen molar-refractivity contribution in [2.24, 2.45) is 0 Å². The molecule has 1 aromatic rings. The Balaban J connectivity index is 2.90. The van der Waals surface area contributed by atoms with Gasteiger partial charge in [-0.1, -0.05) is 31.5 Å². The van der Waals surface area contributed by atoms with Crippen molar-refractivity contribution in [2.45, 2.75) is 66.5 Å². The zero-order valence-corrected chi connectivity index (χ0v) is 14.5. The molecule has 0 spiro atoms. The van der Waals surface area contributed by atoms with E-state index in [4.69, 9.17) is 12.2 Å². The highest BCUT2D eigenvalue weighted by Gasteiger charge is 2.20. The maximum absolute atomic E-state index is 5.65. The second-order valence-electron chi connectivity index (χ2n) is 5.67. The lowest BCUT2D eigenvalue weighted by molar-refractivity contribution is 0.254. The number of aryl methyl sites for hydroxylation is 2. The summed E-state index contributed by atoms with van der Waals surface area (Å²) in [5.74, 6) is 0. The van der Waals surface area contributed by atoms with Gasteiger partial charge in [0.25, 0.3) is 0 Å². The summed E-state index contributed by atoms with van der Waals surface area (Å²) in [6.07, 6.45) is 2.19. The molecule has 2 nitrogen and oxygen atoms in total. The van der Waals surface area contributed by atoms with Gasteiger partial charge >= 0.3 is 0 Å². The molecular weight excluding hydrogens is 264 g/mol. The van der Waals surface area contributed by atoms with Crippen molar-refractivity contribution in [1.82, 2.24) is 4.90 Å². The summed E-state index contributed by atoms with van der Waals surface area (Å²) in [6, 6.07) is 7.32. The fourth-order valence-corrected chi connectivity index (χ4v) is 2.83. The van der Waals surface area contributed by atoms with Gasteiger partial charge in [0, 0.05) is 17.8 Å². The topological polar surface area (TPSA) is 15.3 Å². The van der Waals surface area contributed by atoms with Crippen molar-refractivity contribution in [3.63, 3.8) is 0 Å². The molecule has 0 aliphatic rings. The van der Waals surface area contributed by atoms with E-state index in [2.05, 4.69) is 70.0 Å². The van der Waals surface area contributed by atoms with E-state index in [9.17, 15) is 0 Å². The molecule has 2 unspecified atom stereocenters. The maximum atomic E-state index is 5.65. The highest BCUT2D eigenvalue weighted by atomic mass is 32.1. The van der Waals surface area contributed by atoms with Gasteiger partial charge in [-0.15, -0.1) is 0 Å². The summed E-state index contributed by atoms with van der Waals surface area (Å²) in [5, 5.41) is 4.26. The van der Waals surface area contributed by atoms with Crippen LogP contribution in [0.15, 0.2) is 18.2 Å². The fraction of sp³-hybridized carbons (Fsp3) is 0.588. The SMILES string of the molecule is CCC(C)N(C(=S)Nc1ccc(C)cc1C)C(C)CC. The van der Waals surface area contributed by atoms with Crippen molar-refractivity contribution >= 4 is 23.0 Å². The van der Waals surface area contributed by atoms with E-state index < -0.39 is 0 Å². The Labute approximate surface area is 129 Å². The van der Waals surface area contributed by atoms with Crippen molar-refractivity contribution in [3.8, 4) is 0 Å². The van der Waals surface area contributed by atoms with Gasteiger partial charge in [-0.25, -0.2) is 0 Å². The van der Waals surface area contributed by atoms with Crippen LogP contribution in [0.3, 0.4) is 0 Å². The van der Waals surface area contributed by atoms with Crippen LogP contribution in [0.5, 0.6) is 0 Å². The first kappa shape index (κ1) is 17.0. The summed E-state index contributed by atoms with van der Waals surface area (Å²) in [7, 11) is 0. The van der Waals surface area contributed by atoms with Crippen LogP contribution in [-0.2, 0) is 0 Å². The van der Waals surface area contributed by atoms with Crippen LogP contribution in [0.25, 0.3) is 0 Å². The lowest BCUT2D eigenvalue weighted by Crippen LogP contribution is -2.46. The van der Waals surface area contributed by atoms with Crippen molar-refractivity contribution in [1.29, 1.82) is 0 Å². The van der Waals surface area contributed by atoms with Crippen LogP contribution in [-0.4, -0.2) is 22.1 Å². The third-order valence-corrected chi connectivity index (χ3v) is 4.30. The van der Waals surface area contributed by atoms with Gasteiger partial charge in [-0.3, -0.25) is 0 Å². The molecule has 0 heterocycles. The van der Waals surface area contributed by atoms with E-state index in [0.29, 0.717) is 12.1 Å². The molecule has 0 radical (unpaired) electrons. The molecule has 1 rings (SSSR count). The van der Waals surface area contributed by atoms with Crippen LogP contribution in [0.1, 0.15) is 51.7 Å². The van der Waals surface area contributed by atoms with Crippen molar-refractivity contribution < 1.29 is 0 Å². The predicted octanol–water partition coefficient (Wildman–Crippen LogP) is 4.90. The minimum Gasteiger partial charge on any atom is -0.344 e. The molecule has 0 fully saturated rings. The summed E-state index contributed by atoms with van der Waals surface area (Å²) in [4.78, 5) is 2.33. The molecular formula is C17H28N2S. The molecule has 0 aliphatic carbocycles. The first-order valence-electron chi connectivity index (χ1n) is 7.57. The van der Waals surface area contributed by atoms with Crippen LogP contribution >= 0.6 is 12.2 Å². The number of hydrogen-bond acceptors (Lipinski definition) is 1. The zero-order valence-electron chi connectivity index (χ0n) is 13.7. The van der Waals surface area contributed by atoms with Crippen LogP contribution in [0.2, 0.25) is 0 Å². The van der Waals surface area contributed by atoms with E-state index in [1.165, 1.54) is 11.1 Å². The number of anilines is 1. The lowest BCUT2D eigenvalue weighted by Gasteiger charge is -2.36. The first-order chi connectivity index (χ1) is 9.40. The van der Waals surface area contributed by atoms with Crippen LogP contribution in [0.4, 0.5) is 5.69 Å². The largest absolute Gasteiger partial charge is 0.344 e. The molecule has 1 aromatic carbocycles. The predicted molar refractivity (Wildman–Crippen MR) is 93.5 cm³/mol. The number of rotatable bonds is 5. The molecule has 0 aromatic heterocycles. The van der Waals surface area contributed by atoms with Gasteiger partial charge in [0.05, 0.1) is 0 Å². The number of hydrogen-bond donors (Lipinski definition) is 1. The zero-order chi connectivity index (χ0) is 15.3. The number of nitrogens with zero attached hydrogens (tertiary/aromatic N) is 1. The molecule has 0 aliphatic heterocycles. The number of benzene rings is 1. The third-order valence-electron chi connectivity index (χ3n) is 3.99. The van der Waals surface area contributed by atoms with E-state index in [-0.39, 0.29) is 0 Å². The summed E-state index contributed by atoms with van der Waals surface area (Å²) in [5.41, 5.74) is 3.62. The smallest absolute Gasteiger partial charge is 0.173 e. The highest BCUT2D eigenvalue weighted by molar-refractivity contribution is 7.80. The Kier molecular flexibility index (Phi) is 6.47.